The van der Waals surface area contributed by atoms with E-state index in [9.17, 15) is 8.42 Å². The standard InChI is InChI=1S/C13H17NO2S/c1-10-9-17(15,16)13-6-5-11(8-12(10)13)4-3-7-14-2/h5-6,8-9,14H,3-4,7H2,1-2H3. The third-order valence-electron chi connectivity index (χ3n) is 3.00. The lowest BCUT2D eigenvalue weighted by molar-refractivity contribution is 0.605. The lowest BCUT2D eigenvalue weighted by atomic mass is 10.0. The van der Waals surface area contributed by atoms with Gasteiger partial charge < -0.3 is 5.32 Å². The van der Waals surface area contributed by atoms with Crippen LogP contribution in [0.15, 0.2) is 28.5 Å². The monoisotopic (exact) mass is 251 g/mol. The molecular weight excluding hydrogens is 234 g/mol. The molecule has 0 amide bonds. The van der Waals surface area contributed by atoms with Crippen LogP contribution in [-0.2, 0) is 16.3 Å². The maximum absolute atomic E-state index is 11.7. The van der Waals surface area contributed by atoms with Crippen molar-refractivity contribution in [2.75, 3.05) is 13.6 Å². The van der Waals surface area contributed by atoms with Crippen molar-refractivity contribution >= 4 is 15.4 Å². The van der Waals surface area contributed by atoms with Gasteiger partial charge in [0.15, 0.2) is 0 Å². The second kappa shape index (κ2) is 4.63. The molecule has 3 nitrogen and oxygen atoms in total. The minimum absolute atomic E-state index is 0.451. The first kappa shape index (κ1) is 12.3. The Kier molecular flexibility index (Phi) is 3.35. The van der Waals surface area contributed by atoms with E-state index in [-0.39, 0.29) is 0 Å². The molecule has 0 saturated carbocycles. The molecule has 1 aliphatic heterocycles. The zero-order valence-electron chi connectivity index (χ0n) is 10.2. The van der Waals surface area contributed by atoms with E-state index < -0.39 is 9.84 Å². The lowest BCUT2D eigenvalue weighted by Gasteiger charge is -2.05. The Morgan fingerprint density at radius 2 is 2.06 bits per heavy atom. The fourth-order valence-electron chi connectivity index (χ4n) is 2.12. The Bertz CT molecular complexity index is 559. The molecule has 0 fully saturated rings. The van der Waals surface area contributed by atoms with Crippen LogP contribution in [0.25, 0.3) is 5.57 Å². The van der Waals surface area contributed by atoms with Gasteiger partial charge in [0.1, 0.15) is 0 Å². The van der Waals surface area contributed by atoms with Crippen molar-refractivity contribution < 1.29 is 8.42 Å². The highest BCUT2D eigenvalue weighted by Crippen LogP contribution is 2.33. The molecule has 0 spiro atoms. The summed E-state index contributed by atoms with van der Waals surface area (Å²) in [5.74, 6) is 0. The summed E-state index contributed by atoms with van der Waals surface area (Å²) in [7, 11) is -1.24. The van der Waals surface area contributed by atoms with Gasteiger partial charge >= 0.3 is 0 Å². The number of aryl methyl sites for hydroxylation is 1. The topological polar surface area (TPSA) is 46.2 Å². The molecule has 1 heterocycles. The average molecular weight is 251 g/mol. The summed E-state index contributed by atoms with van der Waals surface area (Å²) in [6, 6.07) is 5.65. The Morgan fingerprint density at radius 1 is 1.29 bits per heavy atom. The van der Waals surface area contributed by atoms with Gasteiger partial charge in [0, 0.05) is 5.41 Å². The van der Waals surface area contributed by atoms with Gasteiger partial charge in [-0.3, -0.25) is 0 Å². The molecule has 92 valence electrons. The average Bonchev–Trinajstić information content (AvgIpc) is 2.50. The first-order chi connectivity index (χ1) is 8.04. The summed E-state index contributed by atoms with van der Waals surface area (Å²) in [6.07, 6.45) is 2.03. The van der Waals surface area contributed by atoms with Crippen LogP contribution in [0.4, 0.5) is 0 Å². The Labute approximate surface area is 102 Å². The Morgan fingerprint density at radius 3 is 2.76 bits per heavy atom. The van der Waals surface area contributed by atoms with E-state index in [1.807, 2.05) is 26.1 Å². The van der Waals surface area contributed by atoms with Crippen LogP contribution in [-0.4, -0.2) is 22.0 Å². The summed E-state index contributed by atoms with van der Waals surface area (Å²) in [6.45, 7) is 2.82. The van der Waals surface area contributed by atoms with Crippen molar-refractivity contribution in [3.63, 3.8) is 0 Å². The number of sulfone groups is 1. The van der Waals surface area contributed by atoms with Gasteiger partial charge in [-0.1, -0.05) is 12.1 Å². The summed E-state index contributed by atoms with van der Waals surface area (Å²) >= 11 is 0. The molecule has 0 radical (unpaired) electrons. The molecule has 1 aromatic carbocycles. The predicted molar refractivity (Wildman–Crippen MR) is 69.5 cm³/mol. The van der Waals surface area contributed by atoms with Crippen molar-refractivity contribution in [2.24, 2.45) is 0 Å². The summed E-state index contributed by atoms with van der Waals surface area (Å²) in [5.41, 5.74) is 2.91. The van der Waals surface area contributed by atoms with E-state index in [0.29, 0.717) is 4.90 Å². The Hall–Kier alpha value is -1.13. The van der Waals surface area contributed by atoms with Crippen LogP contribution < -0.4 is 5.32 Å². The minimum Gasteiger partial charge on any atom is -0.320 e. The number of benzene rings is 1. The second-order valence-electron chi connectivity index (χ2n) is 4.38. The van der Waals surface area contributed by atoms with E-state index in [4.69, 9.17) is 0 Å². The molecule has 0 saturated heterocycles. The van der Waals surface area contributed by atoms with Gasteiger partial charge in [-0.2, -0.15) is 0 Å². The molecule has 4 heteroatoms. The largest absolute Gasteiger partial charge is 0.320 e. The van der Waals surface area contributed by atoms with E-state index >= 15 is 0 Å². The molecule has 1 N–H and O–H groups in total. The van der Waals surface area contributed by atoms with Gasteiger partial charge in [-0.15, -0.1) is 0 Å². The van der Waals surface area contributed by atoms with Gasteiger partial charge in [0.2, 0.25) is 9.84 Å². The molecule has 0 aromatic heterocycles. The Balaban J connectivity index is 2.27. The van der Waals surface area contributed by atoms with Crippen molar-refractivity contribution in [1.82, 2.24) is 5.32 Å². The fraction of sp³-hybridized carbons (Fsp3) is 0.385. The molecule has 0 aliphatic carbocycles. The minimum atomic E-state index is -3.17. The highest BCUT2D eigenvalue weighted by Gasteiger charge is 2.24. The van der Waals surface area contributed by atoms with Crippen LogP contribution in [0.5, 0.6) is 0 Å². The van der Waals surface area contributed by atoms with Crippen LogP contribution >= 0.6 is 0 Å². The van der Waals surface area contributed by atoms with Crippen molar-refractivity contribution in [1.29, 1.82) is 0 Å². The SMILES string of the molecule is CNCCCc1ccc2c(c1)C(C)=CS2(=O)=O. The second-order valence-corrected chi connectivity index (χ2v) is 6.15. The normalized spacial score (nSPS) is 16.7. The smallest absolute Gasteiger partial charge is 0.200 e. The van der Waals surface area contributed by atoms with Crippen molar-refractivity contribution in [3.8, 4) is 0 Å². The summed E-state index contributed by atoms with van der Waals surface area (Å²) in [4.78, 5) is 0.451. The van der Waals surface area contributed by atoms with E-state index in [0.717, 1.165) is 30.5 Å². The number of nitrogens with one attached hydrogen (secondary N) is 1. The molecule has 2 rings (SSSR count). The lowest BCUT2D eigenvalue weighted by Crippen LogP contribution is -2.08. The van der Waals surface area contributed by atoms with Crippen LogP contribution in [0.2, 0.25) is 0 Å². The van der Waals surface area contributed by atoms with Gasteiger partial charge in [-0.05, 0) is 56.1 Å². The summed E-state index contributed by atoms with van der Waals surface area (Å²) < 4.78 is 23.5. The van der Waals surface area contributed by atoms with Gasteiger partial charge in [0.05, 0.1) is 4.90 Å². The molecule has 0 atom stereocenters. The molecule has 1 aromatic rings. The van der Waals surface area contributed by atoms with Crippen molar-refractivity contribution in [2.45, 2.75) is 24.7 Å². The third-order valence-corrected chi connectivity index (χ3v) is 4.63. The van der Waals surface area contributed by atoms with E-state index in [1.165, 1.54) is 11.0 Å². The number of allylic oxidation sites excluding steroid dienone is 1. The fourth-order valence-corrected chi connectivity index (χ4v) is 3.62. The van der Waals surface area contributed by atoms with Crippen molar-refractivity contribution in [3.05, 3.63) is 34.7 Å². The van der Waals surface area contributed by atoms with Gasteiger partial charge in [-0.25, -0.2) is 8.42 Å². The molecular formula is C13H17NO2S. The van der Waals surface area contributed by atoms with E-state index in [2.05, 4.69) is 5.32 Å². The maximum Gasteiger partial charge on any atom is 0.200 e. The highest BCUT2D eigenvalue weighted by atomic mass is 32.2. The molecule has 17 heavy (non-hydrogen) atoms. The van der Waals surface area contributed by atoms with Crippen LogP contribution in [0, 0.1) is 0 Å². The zero-order valence-corrected chi connectivity index (χ0v) is 11.0. The molecule has 1 aliphatic rings. The van der Waals surface area contributed by atoms with E-state index in [1.54, 1.807) is 6.07 Å². The predicted octanol–water partition coefficient (Wildman–Crippen LogP) is 1.99. The quantitative estimate of drug-likeness (QED) is 0.832. The zero-order chi connectivity index (χ0) is 12.5. The molecule has 0 unspecified atom stereocenters. The number of fused-ring (bicyclic) bond motifs is 1. The highest BCUT2D eigenvalue weighted by molar-refractivity contribution is 7.95. The maximum atomic E-state index is 11.7. The number of hydrogen-bond acceptors (Lipinski definition) is 3. The molecule has 0 bridgehead atoms. The number of rotatable bonds is 4. The van der Waals surface area contributed by atoms with Crippen LogP contribution in [0.1, 0.15) is 24.5 Å². The third kappa shape index (κ3) is 2.42. The number of hydrogen-bond donors (Lipinski definition) is 1. The van der Waals surface area contributed by atoms with Gasteiger partial charge in [0.25, 0.3) is 0 Å². The first-order valence-corrected chi connectivity index (χ1v) is 7.30. The van der Waals surface area contributed by atoms with Crippen LogP contribution in [0.3, 0.4) is 0 Å². The first-order valence-electron chi connectivity index (χ1n) is 5.76. The summed E-state index contributed by atoms with van der Waals surface area (Å²) in [5, 5.41) is 4.46.